The van der Waals surface area contributed by atoms with Crippen molar-refractivity contribution >= 4 is 16.9 Å². The zero-order valence-electron chi connectivity index (χ0n) is 11.1. The van der Waals surface area contributed by atoms with E-state index in [4.69, 9.17) is 4.74 Å². The van der Waals surface area contributed by atoms with Gasteiger partial charge in [-0.15, -0.1) is 0 Å². The van der Waals surface area contributed by atoms with E-state index in [1.54, 1.807) is 12.4 Å². The summed E-state index contributed by atoms with van der Waals surface area (Å²) in [5.74, 6) is 0.0428. The van der Waals surface area contributed by atoms with Crippen LogP contribution in [0.5, 0.6) is 0 Å². The maximum Gasteiger partial charge on any atom is 0.256 e. The molecule has 1 aliphatic heterocycles. The number of ether oxygens (including phenoxy) is 1. The number of carbonyl (C=O) groups is 1. The molecule has 0 saturated carbocycles. The molecule has 1 aliphatic rings. The summed E-state index contributed by atoms with van der Waals surface area (Å²) in [6.45, 7) is 5.26. The molecule has 2 unspecified atom stereocenters. The molecule has 2 aromatic heterocycles. The normalized spacial score (nSPS) is 23.8. The first kappa shape index (κ1) is 12.2. The second kappa shape index (κ2) is 4.66. The number of hydrogen-bond donors (Lipinski definition) is 1. The highest BCUT2D eigenvalue weighted by Crippen LogP contribution is 2.20. The van der Waals surface area contributed by atoms with Crippen molar-refractivity contribution in [2.24, 2.45) is 0 Å². The Labute approximate surface area is 111 Å². The van der Waals surface area contributed by atoms with Gasteiger partial charge in [0.15, 0.2) is 0 Å². The second-order valence-electron chi connectivity index (χ2n) is 5.07. The minimum Gasteiger partial charge on any atom is -0.372 e. The van der Waals surface area contributed by atoms with Crippen LogP contribution in [0, 0.1) is 0 Å². The summed E-state index contributed by atoms with van der Waals surface area (Å²) in [5.41, 5.74) is 1.43. The molecule has 2 atom stereocenters. The largest absolute Gasteiger partial charge is 0.372 e. The summed E-state index contributed by atoms with van der Waals surface area (Å²) in [6, 6.07) is 3.76. The van der Waals surface area contributed by atoms with Crippen LogP contribution in [-0.4, -0.2) is 46.1 Å². The monoisotopic (exact) mass is 259 g/mol. The standard InChI is InChI=1S/C14H17N3O2/c1-9-7-17(8-10(2)19-9)14(18)12-6-16-13-11(12)4-3-5-15-13/h3-6,9-10H,7-8H2,1-2H3,(H,15,16). The molecule has 1 saturated heterocycles. The van der Waals surface area contributed by atoms with E-state index in [0.717, 1.165) is 11.0 Å². The van der Waals surface area contributed by atoms with E-state index in [9.17, 15) is 4.79 Å². The van der Waals surface area contributed by atoms with Gasteiger partial charge in [0, 0.05) is 30.9 Å². The maximum absolute atomic E-state index is 12.6. The molecule has 0 radical (unpaired) electrons. The fourth-order valence-electron chi connectivity index (χ4n) is 2.65. The van der Waals surface area contributed by atoms with E-state index >= 15 is 0 Å². The Kier molecular flexibility index (Phi) is 2.98. The van der Waals surface area contributed by atoms with Crippen LogP contribution in [0.4, 0.5) is 0 Å². The average Bonchev–Trinajstić information content (AvgIpc) is 2.80. The zero-order valence-corrected chi connectivity index (χ0v) is 11.1. The van der Waals surface area contributed by atoms with Gasteiger partial charge in [-0.3, -0.25) is 4.79 Å². The summed E-state index contributed by atoms with van der Waals surface area (Å²) in [4.78, 5) is 21.7. The van der Waals surface area contributed by atoms with Crippen molar-refractivity contribution in [3.05, 3.63) is 30.1 Å². The molecule has 5 heteroatoms. The van der Waals surface area contributed by atoms with Crippen molar-refractivity contribution in [1.82, 2.24) is 14.9 Å². The highest BCUT2D eigenvalue weighted by molar-refractivity contribution is 6.05. The molecule has 0 aromatic carbocycles. The lowest BCUT2D eigenvalue weighted by Gasteiger charge is -2.35. The molecular weight excluding hydrogens is 242 g/mol. The Morgan fingerprint density at radius 1 is 1.42 bits per heavy atom. The summed E-state index contributed by atoms with van der Waals surface area (Å²) in [6.07, 6.45) is 3.61. The number of aromatic amines is 1. The van der Waals surface area contributed by atoms with Gasteiger partial charge in [0.25, 0.3) is 5.91 Å². The molecule has 1 amide bonds. The van der Waals surface area contributed by atoms with Gasteiger partial charge in [-0.05, 0) is 26.0 Å². The molecular formula is C14H17N3O2. The third-order valence-corrected chi connectivity index (χ3v) is 3.39. The quantitative estimate of drug-likeness (QED) is 0.849. The lowest BCUT2D eigenvalue weighted by atomic mass is 10.1. The first-order valence-electron chi connectivity index (χ1n) is 6.52. The molecule has 100 valence electrons. The van der Waals surface area contributed by atoms with E-state index in [2.05, 4.69) is 9.97 Å². The molecule has 5 nitrogen and oxygen atoms in total. The highest BCUT2D eigenvalue weighted by Gasteiger charge is 2.27. The topological polar surface area (TPSA) is 58.2 Å². The Balaban J connectivity index is 1.91. The van der Waals surface area contributed by atoms with Crippen molar-refractivity contribution in [3.63, 3.8) is 0 Å². The Morgan fingerprint density at radius 3 is 2.89 bits per heavy atom. The minimum absolute atomic E-state index is 0.0428. The van der Waals surface area contributed by atoms with E-state index < -0.39 is 0 Å². The van der Waals surface area contributed by atoms with Crippen molar-refractivity contribution in [2.75, 3.05) is 13.1 Å². The van der Waals surface area contributed by atoms with Gasteiger partial charge < -0.3 is 14.6 Å². The first-order valence-corrected chi connectivity index (χ1v) is 6.52. The third-order valence-electron chi connectivity index (χ3n) is 3.39. The summed E-state index contributed by atoms with van der Waals surface area (Å²) < 4.78 is 5.66. The van der Waals surface area contributed by atoms with Gasteiger partial charge in [0.1, 0.15) is 5.65 Å². The van der Waals surface area contributed by atoms with Crippen molar-refractivity contribution in [1.29, 1.82) is 0 Å². The molecule has 1 N–H and O–H groups in total. The molecule has 19 heavy (non-hydrogen) atoms. The zero-order chi connectivity index (χ0) is 13.4. The van der Waals surface area contributed by atoms with Crippen LogP contribution in [0.25, 0.3) is 11.0 Å². The van der Waals surface area contributed by atoms with Gasteiger partial charge in [-0.2, -0.15) is 0 Å². The predicted molar refractivity (Wildman–Crippen MR) is 72.0 cm³/mol. The summed E-state index contributed by atoms with van der Waals surface area (Å²) >= 11 is 0. The van der Waals surface area contributed by atoms with Crippen LogP contribution in [0.2, 0.25) is 0 Å². The molecule has 0 bridgehead atoms. The molecule has 0 spiro atoms. The SMILES string of the molecule is CC1CN(C(=O)c2c[nH]c3ncccc23)CC(C)O1. The summed E-state index contributed by atoms with van der Waals surface area (Å²) in [7, 11) is 0. The lowest BCUT2D eigenvalue weighted by Crippen LogP contribution is -2.48. The molecule has 3 rings (SSSR count). The fraction of sp³-hybridized carbons (Fsp3) is 0.429. The average molecular weight is 259 g/mol. The Hall–Kier alpha value is -1.88. The number of hydrogen-bond acceptors (Lipinski definition) is 3. The van der Waals surface area contributed by atoms with Gasteiger partial charge in [0.2, 0.25) is 0 Å². The van der Waals surface area contributed by atoms with Crippen molar-refractivity contribution in [2.45, 2.75) is 26.1 Å². The van der Waals surface area contributed by atoms with Gasteiger partial charge >= 0.3 is 0 Å². The van der Waals surface area contributed by atoms with Gasteiger partial charge in [-0.1, -0.05) is 0 Å². The van der Waals surface area contributed by atoms with Crippen LogP contribution in [0.1, 0.15) is 24.2 Å². The number of carbonyl (C=O) groups excluding carboxylic acids is 1. The number of fused-ring (bicyclic) bond motifs is 1. The van der Waals surface area contributed by atoms with E-state index in [1.807, 2.05) is 30.9 Å². The number of amides is 1. The van der Waals surface area contributed by atoms with Crippen LogP contribution >= 0.6 is 0 Å². The number of H-pyrrole nitrogens is 1. The molecule has 0 aliphatic carbocycles. The predicted octanol–water partition coefficient (Wildman–Crippen LogP) is 1.81. The number of rotatable bonds is 1. The minimum atomic E-state index is 0.0428. The Bertz CT molecular complexity index is 598. The number of nitrogens with one attached hydrogen (secondary N) is 1. The van der Waals surface area contributed by atoms with Crippen LogP contribution in [-0.2, 0) is 4.74 Å². The van der Waals surface area contributed by atoms with Crippen molar-refractivity contribution < 1.29 is 9.53 Å². The van der Waals surface area contributed by atoms with Crippen LogP contribution in [0.15, 0.2) is 24.5 Å². The van der Waals surface area contributed by atoms with E-state index in [-0.39, 0.29) is 18.1 Å². The second-order valence-corrected chi connectivity index (χ2v) is 5.07. The number of morpholine rings is 1. The first-order chi connectivity index (χ1) is 9.15. The smallest absolute Gasteiger partial charge is 0.256 e. The number of nitrogens with zero attached hydrogens (tertiary/aromatic N) is 2. The molecule has 1 fully saturated rings. The van der Waals surface area contributed by atoms with Crippen LogP contribution < -0.4 is 0 Å². The molecule has 2 aromatic rings. The highest BCUT2D eigenvalue weighted by atomic mass is 16.5. The maximum atomic E-state index is 12.6. The molecule has 3 heterocycles. The fourth-order valence-corrected chi connectivity index (χ4v) is 2.65. The number of aromatic nitrogens is 2. The van der Waals surface area contributed by atoms with Gasteiger partial charge in [0.05, 0.1) is 17.8 Å². The summed E-state index contributed by atoms with van der Waals surface area (Å²) in [5, 5.41) is 0.874. The Morgan fingerprint density at radius 2 is 2.16 bits per heavy atom. The number of pyridine rings is 1. The lowest BCUT2D eigenvalue weighted by molar-refractivity contribution is -0.0585. The van der Waals surface area contributed by atoms with Crippen LogP contribution in [0.3, 0.4) is 0 Å². The van der Waals surface area contributed by atoms with E-state index in [1.165, 1.54) is 0 Å². The van der Waals surface area contributed by atoms with Gasteiger partial charge in [-0.25, -0.2) is 4.98 Å². The third kappa shape index (κ3) is 2.21. The van der Waals surface area contributed by atoms with Crippen molar-refractivity contribution in [3.8, 4) is 0 Å². The van der Waals surface area contributed by atoms with E-state index in [0.29, 0.717) is 18.7 Å².